The molecule has 0 aromatic heterocycles. The van der Waals surface area contributed by atoms with Crippen LogP contribution in [-0.4, -0.2) is 5.91 Å². The Hall–Kier alpha value is -1.89. The summed E-state index contributed by atoms with van der Waals surface area (Å²) in [5.74, 6) is -0.691. The number of halogens is 1. The third-order valence-corrected chi connectivity index (χ3v) is 1.70. The van der Waals surface area contributed by atoms with E-state index in [4.69, 9.17) is 5.26 Å². The van der Waals surface area contributed by atoms with Crippen molar-refractivity contribution in [3.05, 3.63) is 29.6 Å². The summed E-state index contributed by atoms with van der Waals surface area (Å²) in [6, 6.07) is 5.48. The Morgan fingerprint density at radius 1 is 1.64 bits per heavy atom. The highest BCUT2D eigenvalue weighted by molar-refractivity contribution is 5.91. The summed E-state index contributed by atoms with van der Waals surface area (Å²) in [5, 5.41) is 11.2. The number of carbonyl (C=O) groups excluding carboxylic acids is 1. The fraction of sp³-hybridized carbons (Fsp3) is 0.200. The lowest BCUT2D eigenvalue weighted by Gasteiger charge is -2.04. The van der Waals surface area contributed by atoms with Crippen LogP contribution in [0.25, 0.3) is 0 Å². The zero-order valence-electron chi connectivity index (χ0n) is 7.67. The Balaban J connectivity index is 2.98. The predicted molar refractivity (Wildman–Crippen MR) is 50.0 cm³/mol. The molecular weight excluding hydrogens is 183 g/mol. The number of anilines is 1. The van der Waals surface area contributed by atoms with Gasteiger partial charge in [0.15, 0.2) is 0 Å². The first kappa shape index (κ1) is 10.2. The number of nitrogens with zero attached hydrogens (tertiary/aromatic N) is 1. The first-order valence-corrected chi connectivity index (χ1v) is 4.17. The van der Waals surface area contributed by atoms with Crippen molar-refractivity contribution in [2.45, 2.75) is 13.3 Å². The molecule has 1 N–H and O–H groups in total. The van der Waals surface area contributed by atoms with Gasteiger partial charge in [-0.05, 0) is 18.2 Å². The summed E-state index contributed by atoms with van der Waals surface area (Å²) in [6.45, 7) is 1.70. The Morgan fingerprint density at radius 2 is 2.36 bits per heavy atom. The number of hydrogen-bond acceptors (Lipinski definition) is 2. The summed E-state index contributed by atoms with van der Waals surface area (Å²) < 4.78 is 12.7. The van der Waals surface area contributed by atoms with Crippen LogP contribution < -0.4 is 5.32 Å². The number of nitrogens with one attached hydrogen (secondary N) is 1. The minimum atomic E-state index is -0.490. The van der Waals surface area contributed by atoms with Crippen LogP contribution in [0.1, 0.15) is 18.9 Å². The van der Waals surface area contributed by atoms with Crippen LogP contribution in [0.5, 0.6) is 0 Å². The van der Waals surface area contributed by atoms with Gasteiger partial charge in [0.05, 0.1) is 11.3 Å². The topological polar surface area (TPSA) is 52.9 Å². The number of rotatable bonds is 2. The highest BCUT2D eigenvalue weighted by atomic mass is 19.1. The van der Waals surface area contributed by atoms with E-state index < -0.39 is 5.82 Å². The van der Waals surface area contributed by atoms with Crippen molar-refractivity contribution in [2.75, 3.05) is 5.32 Å². The van der Waals surface area contributed by atoms with Crippen LogP contribution in [0, 0.1) is 17.1 Å². The summed E-state index contributed by atoms with van der Waals surface area (Å²) in [7, 11) is 0. The van der Waals surface area contributed by atoms with Gasteiger partial charge in [0.1, 0.15) is 11.9 Å². The van der Waals surface area contributed by atoms with E-state index in [1.807, 2.05) is 6.07 Å². The SMILES string of the molecule is CCC(=O)Nc1ccc(F)cc1C#N. The molecule has 0 atom stereocenters. The first-order chi connectivity index (χ1) is 6.67. The van der Waals surface area contributed by atoms with Crippen molar-refractivity contribution in [3.63, 3.8) is 0 Å². The van der Waals surface area contributed by atoms with E-state index in [-0.39, 0.29) is 11.5 Å². The average Bonchev–Trinajstić information content (AvgIpc) is 2.20. The molecule has 1 rings (SSSR count). The fourth-order valence-electron chi connectivity index (χ4n) is 0.957. The number of nitriles is 1. The molecule has 0 saturated heterocycles. The molecule has 1 amide bonds. The lowest BCUT2D eigenvalue weighted by atomic mass is 10.2. The number of carbonyl (C=O) groups is 1. The van der Waals surface area contributed by atoms with Gasteiger partial charge in [0.2, 0.25) is 5.91 Å². The Bertz CT molecular complexity index is 396. The molecule has 72 valence electrons. The average molecular weight is 192 g/mol. The summed E-state index contributed by atoms with van der Waals surface area (Å²) >= 11 is 0. The minimum Gasteiger partial charge on any atom is -0.325 e. The quantitative estimate of drug-likeness (QED) is 0.779. The van der Waals surface area contributed by atoms with E-state index in [1.54, 1.807) is 6.92 Å². The molecular formula is C10H9FN2O. The van der Waals surface area contributed by atoms with Crippen molar-refractivity contribution < 1.29 is 9.18 Å². The molecule has 1 aromatic rings. The zero-order chi connectivity index (χ0) is 10.6. The van der Waals surface area contributed by atoms with Crippen molar-refractivity contribution in [1.29, 1.82) is 5.26 Å². The molecule has 0 saturated carbocycles. The molecule has 0 aliphatic carbocycles. The Labute approximate surface area is 81.2 Å². The largest absolute Gasteiger partial charge is 0.325 e. The van der Waals surface area contributed by atoms with Gasteiger partial charge in [-0.15, -0.1) is 0 Å². The minimum absolute atomic E-state index is 0.131. The second kappa shape index (κ2) is 4.38. The van der Waals surface area contributed by atoms with Crippen LogP contribution in [0.2, 0.25) is 0 Å². The highest BCUT2D eigenvalue weighted by Crippen LogP contribution is 2.15. The Morgan fingerprint density at radius 3 is 2.93 bits per heavy atom. The summed E-state index contributed by atoms with van der Waals surface area (Å²) in [4.78, 5) is 11.0. The van der Waals surface area contributed by atoms with Gasteiger partial charge in [-0.2, -0.15) is 5.26 Å². The van der Waals surface area contributed by atoms with Crippen LogP contribution in [-0.2, 0) is 4.79 Å². The third kappa shape index (κ3) is 2.30. The van der Waals surface area contributed by atoms with Crippen molar-refractivity contribution >= 4 is 11.6 Å². The second-order valence-corrected chi connectivity index (χ2v) is 2.70. The maximum atomic E-state index is 12.7. The molecule has 0 aliphatic rings. The maximum Gasteiger partial charge on any atom is 0.224 e. The van der Waals surface area contributed by atoms with E-state index in [1.165, 1.54) is 12.1 Å². The van der Waals surface area contributed by atoms with E-state index in [9.17, 15) is 9.18 Å². The zero-order valence-corrected chi connectivity index (χ0v) is 7.67. The molecule has 0 unspecified atom stereocenters. The molecule has 0 heterocycles. The van der Waals surface area contributed by atoms with Crippen molar-refractivity contribution in [3.8, 4) is 6.07 Å². The van der Waals surface area contributed by atoms with Gasteiger partial charge in [-0.25, -0.2) is 4.39 Å². The lowest BCUT2D eigenvalue weighted by molar-refractivity contribution is -0.115. The first-order valence-electron chi connectivity index (χ1n) is 4.17. The van der Waals surface area contributed by atoms with E-state index in [2.05, 4.69) is 5.32 Å². The van der Waals surface area contributed by atoms with Crippen molar-refractivity contribution in [2.24, 2.45) is 0 Å². The monoisotopic (exact) mass is 192 g/mol. The van der Waals surface area contributed by atoms with E-state index >= 15 is 0 Å². The highest BCUT2D eigenvalue weighted by Gasteiger charge is 2.05. The molecule has 14 heavy (non-hydrogen) atoms. The number of amides is 1. The normalized spacial score (nSPS) is 9.21. The van der Waals surface area contributed by atoms with Crippen LogP contribution in [0.15, 0.2) is 18.2 Å². The van der Waals surface area contributed by atoms with Gasteiger partial charge in [0, 0.05) is 6.42 Å². The summed E-state index contributed by atoms with van der Waals surface area (Å²) in [5.41, 5.74) is 0.479. The maximum absolute atomic E-state index is 12.7. The number of hydrogen-bond donors (Lipinski definition) is 1. The predicted octanol–water partition coefficient (Wildman–Crippen LogP) is 2.05. The van der Waals surface area contributed by atoms with E-state index in [0.29, 0.717) is 12.1 Å². The van der Waals surface area contributed by atoms with Crippen molar-refractivity contribution in [1.82, 2.24) is 0 Å². The Kier molecular flexibility index (Phi) is 3.19. The molecule has 0 bridgehead atoms. The van der Waals surface area contributed by atoms with Gasteiger partial charge < -0.3 is 5.32 Å². The molecule has 1 aromatic carbocycles. The summed E-state index contributed by atoms with van der Waals surface area (Å²) in [6.07, 6.45) is 0.322. The second-order valence-electron chi connectivity index (χ2n) is 2.70. The molecule has 3 nitrogen and oxygen atoms in total. The van der Waals surface area contributed by atoms with Gasteiger partial charge >= 0.3 is 0 Å². The van der Waals surface area contributed by atoms with Crippen LogP contribution in [0.3, 0.4) is 0 Å². The van der Waals surface area contributed by atoms with Gasteiger partial charge in [-0.3, -0.25) is 4.79 Å². The number of benzene rings is 1. The third-order valence-electron chi connectivity index (χ3n) is 1.70. The fourth-order valence-corrected chi connectivity index (χ4v) is 0.957. The lowest BCUT2D eigenvalue weighted by Crippen LogP contribution is -2.10. The molecule has 0 aliphatic heterocycles. The molecule has 4 heteroatoms. The van der Waals surface area contributed by atoms with Crippen LogP contribution in [0.4, 0.5) is 10.1 Å². The van der Waals surface area contributed by atoms with Gasteiger partial charge in [0.25, 0.3) is 0 Å². The smallest absolute Gasteiger partial charge is 0.224 e. The molecule has 0 fully saturated rings. The molecule has 0 radical (unpaired) electrons. The van der Waals surface area contributed by atoms with Crippen LogP contribution >= 0.6 is 0 Å². The standard InChI is InChI=1S/C10H9FN2O/c1-2-10(14)13-9-4-3-8(11)5-7(9)6-12/h3-5H,2H2,1H3,(H,13,14). The van der Waals surface area contributed by atoms with E-state index in [0.717, 1.165) is 6.07 Å². The van der Waals surface area contributed by atoms with Gasteiger partial charge in [-0.1, -0.05) is 6.92 Å². The molecule has 0 spiro atoms.